The van der Waals surface area contributed by atoms with Crippen LogP contribution in [0, 0.1) is 0 Å². The molecular weight excluding hydrogens is 1220 g/mol. The van der Waals surface area contributed by atoms with E-state index in [0.717, 1.165) is 64.2 Å². The Morgan fingerprint density at radius 2 is 0.694 bits per heavy atom. The standard InChI is InChI=1S/C87H161NO10/c1-3-5-7-9-11-13-15-17-19-43-47-51-55-59-63-67-71-75-83(92)96-76-72-68-64-60-56-52-48-45-42-40-38-36-34-32-30-28-26-24-22-20-21-23-25-27-29-31-33-35-37-39-41-44-46-50-54-58-62-66-70-74-82(91)88-79(78-97-87-86(95)85(94)84(93)81(77-89)98-87)80(90)73-69-65-61-57-53-49-18-16-14-12-10-8-6-4-2/h17,19-21,24,26,53,57,69,73,79-81,84-87,89-90,93-95H,3-16,18,22-23,25,27-52,54-56,58-68,70-72,74-78H2,1-2H3,(H,88,91)/b19-17-,21-20-,26-24-,57-53+,73-69+. The maximum absolute atomic E-state index is 13.1. The molecule has 1 aliphatic heterocycles. The number of hydrogen-bond donors (Lipinski definition) is 6. The van der Waals surface area contributed by atoms with E-state index in [1.165, 1.54) is 327 Å². The van der Waals surface area contributed by atoms with Gasteiger partial charge in [-0.3, -0.25) is 9.59 Å². The number of unbranched alkanes of at least 4 members (excludes halogenated alkanes) is 54. The highest BCUT2D eigenvalue weighted by Crippen LogP contribution is 2.24. The third kappa shape index (κ3) is 63.1. The number of nitrogens with one attached hydrogen (secondary N) is 1. The Hall–Kier alpha value is -2.64. The molecule has 1 aliphatic rings. The molecule has 0 bridgehead atoms. The Morgan fingerprint density at radius 3 is 1.07 bits per heavy atom. The molecule has 98 heavy (non-hydrogen) atoms. The number of hydrogen-bond acceptors (Lipinski definition) is 10. The number of aliphatic hydroxyl groups excluding tert-OH is 5. The number of carbonyl (C=O) groups excluding carboxylic acids is 2. The first-order valence-corrected chi connectivity index (χ1v) is 42.6. The number of amides is 1. The van der Waals surface area contributed by atoms with Crippen molar-refractivity contribution in [1.82, 2.24) is 5.32 Å². The molecule has 574 valence electrons. The van der Waals surface area contributed by atoms with E-state index in [1.54, 1.807) is 6.08 Å². The van der Waals surface area contributed by atoms with Crippen LogP contribution in [0.15, 0.2) is 60.8 Å². The molecule has 1 rings (SSSR count). The highest BCUT2D eigenvalue weighted by Gasteiger charge is 2.44. The zero-order valence-corrected chi connectivity index (χ0v) is 64.3. The van der Waals surface area contributed by atoms with Gasteiger partial charge in [0, 0.05) is 12.8 Å². The van der Waals surface area contributed by atoms with E-state index in [1.807, 2.05) is 6.08 Å². The van der Waals surface area contributed by atoms with Crippen molar-refractivity contribution in [3.63, 3.8) is 0 Å². The average Bonchev–Trinajstić information content (AvgIpc) is 0.833. The number of aliphatic hydroxyl groups is 5. The Bertz CT molecular complexity index is 1820. The van der Waals surface area contributed by atoms with Gasteiger partial charge >= 0.3 is 5.97 Å². The zero-order valence-electron chi connectivity index (χ0n) is 64.3. The lowest BCUT2D eigenvalue weighted by Crippen LogP contribution is -2.60. The van der Waals surface area contributed by atoms with Crippen molar-refractivity contribution < 1.29 is 49.3 Å². The molecule has 0 aromatic carbocycles. The van der Waals surface area contributed by atoms with E-state index in [2.05, 4.69) is 67.8 Å². The van der Waals surface area contributed by atoms with Crippen LogP contribution < -0.4 is 5.32 Å². The summed E-state index contributed by atoms with van der Waals surface area (Å²) >= 11 is 0. The van der Waals surface area contributed by atoms with Gasteiger partial charge in [0.05, 0.1) is 32.0 Å². The molecule has 1 saturated heterocycles. The normalized spacial score (nSPS) is 17.5. The Morgan fingerprint density at radius 1 is 0.378 bits per heavy atom. The molecular formula is C87H161NO10. The Balaban J connectivity index is 1.90. The third-order valence-corrected chi connectivity index (χ3v) is 20.1. The van der Waals surface area contributed by atoms with Crippen molar-refractivity contribution in [2.75, 3.05) is 19.8 Å². The second-order valence-electron chi connectivity index (χ2n) is 29.5. The van der Waals surface area contributed by atoms with Gasteiger partial charge in [0.1, 0.15) is 24.4 Å². The van der Waals surface area contributed by atoms with Gasteiger partial charge in [0.25, 0.3) is 0 Å². The summed E-state index contributed by atoms with van der Waals surface area (Å²) in [6.45, 7) is 4.37. The van der Waals surface area contributed by atoms with Crippen molar-refractivity contribution >= 4 is 11.9 Å². The maximum Gasteiger partial charge on any atom is 0.305 e. The summed E-state index contributed by atoms with van der Waals surface area (Å²) < 4.78 is 16.8. The lowest BCUT2D eigenvalue weighted by Gasteiger charge is -2.40. The topological polar surface area (TPSA) is 175 Å². The molecule has 0 spiro atoms. The minimum absolute atomic E-state index is 0.0116. The minimum Gasteiger partial charge on any atom is -0.466 e. The van der Waals surface area contributed by atoms with Crippen LogP contribution >= 0.6 is 0 Å². The monoisotopic (exact) mass is 1380 g/mol. The van der Waals surface area contributed by atoms with Crippen molar-refractivity contribution in [2.45, 2.75) is 461 Å². The lowest BCUT2D eigenvalue weighted by atomic mass is 9.99. The highest BCUT2D eigenvalue weighted by atomic mass is 16.7. The van der Waals surface area contributed by atoms with Gasteiger partial charge < -0.3 is 45.1 Å². The molecule has 1 heterocycles. The van der Waals surface area contributed by atoms with Gasteiger partial charge in [-0.05, 0) is 103 Å². The SMILES string of the molecule is CCCCCCCC/C=C\CCCCCCCCCC(=O)OCCCCCCCCCCCCCCCCC/C=C\C/C=C\CCCCCCCCCCCCCCCCCCCC(=O)NC(COC1OC(CO)C(O)C(O)C1O)C(O)/C=C/CC/C=C/CCCCCCCCCC. The van der Waals surface area contributed by atoms with E-state index in [9.17, 15) is 35.1 Å². The van der Waals surface area contributed by atoms with Gasteiger partial charge in [-0.2, -0.15) is 0 Å². The molecule has 0 aliphatic carbocycles. The van der Waals surface area contributed by atoms with Crippen LogP contribution in [0.25, 0.3) is 0 Å². The molecule has 7 atom stereocenters. The van der Waals surface area contributed by atoms with Gasteiger partial charge in [0.2, 0.25) is 5.91 Å². The van der Waals surface area contributed by atoms with Gasteiger partial charge in [-0.1, -0.05) is 364 Å². The van der Waals surface area contributed by atoms with Gasteiger partial charge in [-0.15, -0.1) is 0 Å². The zero-order chi connectivity index (χ0) is 70.8. The lowest BCUT2D eigenvalue weighted by molar-refractivity contribution is -0.302. The first kappa shape index (κ1) is 93.4. The summed E-state index contributed by atoms with van der Waals surface area (Å²) in [6, 6.07) is -0.826. The first-order valence-electron chi connectivity index (χ1n) is 42.6. The second-order valence-corrected chi connectivity index (χ2v) is 29.5. The molecule has 11 heteroatoms. The Kier molecular flexibility index (Phi) is 71.9. The van der Waals surface area contributed by atoms with Crippen LogP contribution in [0.5, 0.6) is 0 Å². The van der Waals surface area contributed by atoms with E-state index < -0.39 is 49.5 Å². The molecule has 1 amide bonds. The summed E-state index contributed by atoms with van der Waals surface area (Å²) in [6.07, 6.45) is 92.7. The average molecular weight is 1380 g/mol. The van der Waals surface area contributed by atoms with Crippen LogP contribution in [0.4, 0.5) is 0 Å². The number of esters is 1. The molecule has 11 nitrogen and oxygen atoms in total. The predicted molar refractivity (Wildman–Crippen MR) is 417 cm³/mol. The van der Waals surface area contributed by atoms with E-state index in [0.29, 0.717) is 19.4 Å². The number of ether oxygens (including phenoxy) is 3. The third-order valence-electron chi connectivity index (χ3n) is 20.1. The number of allylic oxidation sites excluding steroid dienone is 9. The second kappa shape index (κ2) is 75.5. The fraction of sp³-hybridized carbons (Fsp3) is 0.862. The van der Waals surface area contributed by atoms with E-state index >= 15 is 0 Å². The van der Waals surface area contributed by atoms with Gasteiger partial charge in [-0.25, -0.2) is 0 Å². The van der Waals surface area contributed by atoms with Crippen molar-refractivity contribution in [3.05, 3.63) is 60.8 Å². The molecule has 0 radical (unpaired) electrons. The fourth-order valence-corrected chi connectivity index (χ4v) is 13.4. The minimum atomic E-state index is -1.58. The van der Waals surface area contributed by atoms with Crippen LogP contribution in [-0.4, -0.2) is 100 Å². The first-order chi connectivity index (χ1) is 48.2. The van der Waals surface area contributed by atoms with Crippen molar-refractivity contribution in [2.24, 2.45) is 0 Å². The Labute approximate surface area is 605 Å². The van der Waals surface area contributed by atoms with E-state index in [4.69, 9.17) is 14.2 Å². The van der Waals surface area contributed by atoms with Gasteiger partial charge in [0.15, 0.2) is 6.29 Å². The quantitative estimate of drug-likeness (QED) is 0.0195. The number of rotatable bonds is 76. The summed E-state index contributed by atoms with van der Waals surface area (Å²) in [5.41, 5.74) is 0. The number of carbonyl (C=O) groups is 2. The summed E-state index contributed by atoms with van der Waals surface area (Å²) in [5.74, 6) is -0.175. The molecule has 0 saturated carbocycles. The largest absolute Gasteiger partial charge is 0.466 e. The van der Waals surface area contributed by atoms with Crippen molar-refractivity contribution in [1.29, 1.82) is 0 Å². The van der Waals surface area contributed by atoms with Crippen LogP contribution in [0.3, 0.4) is 0 Å². The van der Waals surface area contributed by atoms with Crippen molar-refractivity contribution in [3.8, 4) is 0 Å². The maximum atomic E-state index is 13.1. The van der Waals surface area contributed by atoms with E-state index in [-0.39, 0.29) is 18.5 Å². The van der Waals surface area contributed by atoms with Crippen LogP contribution in [-0.2, 0) is 23.8 Å². The highest BCUT2D eigenvalue weighted by molar-refractivity contribution is 5.76. The molecule has 6 N–H and O–H groups in total. The van der Waals surface area contributed by atoms with Crippen LogP contribution in [0.2, 0.25) is 0 Å². The predicted octanol–water partition coefficient (Wildman–Crippen LogP) is 23.6. The molecule has 0 aromatic rings. The smallest absolute Gasteiger partial charge is 0.305 e. The fourth-order valence-electron chi connectivity index (χ4n) is 13.4. The molecule has 0 aromatic heterocycles. The summed E-state index contributed by atoms with van der Waals surface area (Å²) in [7, 11) is 0. The molecule has 1 fully saturated rings. The summed E-state index contributed by atoms with van der Waals surface area (Å²) in [5, 5.41) is 54.6. The molecule has 7 unspecified atom stereocenters. The van der Waals surface area contributed by atoms with Crippen LogP contribution in [0.1, 0.15) is 418 Å². The summed E-state index contributed by atoms with van der Waals surface area (Å²) in [4.78, 5) is 25.2.